The summed E-state index contributed by atoms with van der Waals surface area (Å²) in [6.45, 7) is 5.18. The van der Waals surface area contributed by atoms with Gasteiger partial charge in [-0.1, -0.05) is 0 Å². The Bertz CT molecular complexity index is 1290. The fourth-order valence-electron chi connectivity index (χ4n) is 4.36. The van der Waals surface area contributed by atoms with Gasteiger partial charge in [-0.05, 0) is 79.2 Å². The summed E-state index contributed by atoms with van der Waals surface area (Å²) in [6, 6.07) is 16.5. The van der Waals surface area contributed by atoms with Crippen molar-refractivity contribution >= 4 is 28.4 Å². The van der Waals surface area contributed by atoms with Gasteiger partial charge in [-0.25, -0.2) is 14.4 Å². The Morgan fingerprint density at radius 3 is 2.53 bits per heavy atom. The number of nitrogens with one attached hydrogen (secondary N) is 1. The second-order valence-corrected chi connectivity index (χ2v) is 9.44. The van der Waals surface area contributed by atoms with Gasteiger partial charge in [0.25, 0.3) is 0 Å². The molecule has 0 bridgehead atoms. The summed E-state index contributed by atoms with van der Waals surface area (Å²) in [6.07, 6.45) is 6.56. The maximum atomic E-state index is 13.0. The largest absolute Gasteiger partial charge is 0.369 e. The molecular formula is C26H25FN6S. The van der Waals surface area contributed by atoms with E-state index in [2.05, 4.69) is 61.3 Å². The van der Waals surface area contributed by atoms with Crippen LogP contribution in [-0.2, 0) is 6.42 Å². The lowest BCUT2D eigenvalue weighted by Crippen LogP contribution is -2.46. The molecule has 8 heteroatoms. The van der Waals surface area contributed by atoms with E-state index in [0.717, 1.165) is 61.4 Å². The summed E-state index contributed by atoms with van der Waals surface area (Å²) in [5.74, 6) is -0.425. The van der Waals surface area contributed by atoms with Gasteiger partial charge in [0.2, 0.25) is 0 Å². The van der Waals surface area contributed by atoms with E-state index in [1.54, 1.807) is 0 Å². The van der Waals surface area contributed by atoms with Gasteiger partial charge < -0.3 is 9.88 Å². The van der Waals surface area contributed by atoms with Gasteiger partial charge in [-0.3, -0.25) is 4.90 Å². The summed E-state index contributed by atoms with van der Waals surface area (Å²) in [5, 5.41) is 10.9. The van der Waals surface area contributed by atoms with Crippen molar-refractivity contribution in [2.24, 2.45) is 0 Å². The van der Waals surface area contributed by atoms with Gasteiger partial charge >= 0.3 is 0 Å². The number of nitriles is 1. The van der Waals surface area contributed by atoms with Crippen LogP contribution in [0.4, 0.5) is 10.1 Å². The van der Waals surface area contributed by atoms with Gasteiger partial charge in [-0.2, -0.15) is 5.26 Å². The quantitative estimate of drug-likeness (QED) is 0.387. The molecule has 0 atom stereocenters. The van der Waals surface area contributed by atoms with Crippen LogP contribution in [0.5, 0.6) is 0 Å². The van der Waals surface area contributed by atoms with Crippen molar-refractivity contribution in [3.8, 4) is 6.07 Å². The predicted octanol–water partition coefficient (Wildman–Crippen LogP) is 4.87. The van der Waals surface area contributed by atoms with Crippen LogP contribution in [0.2, 0.25) is 0 Å². The molecule has 1 N–H and O–H groups in total. The number of aromatic amines is 1. The number of rotatable bonds is 7. The van der Waals surface area contributed by atoms with E-state index in [-0.39, 0.29) is 0 Å². The first-order chi connectivity index (χ1) is 16.7. The van der Waals surface area contributed by atoms with E-state index < -0.39 is 5.82 Å². The minimum atomic E-state index is -0.425. The molecule has 6 nitrogen and oxygen atoms in total. The zero-order valence-corrected chi connectivity index (χ0v) is 19.6. The lowest BCUT2D eigenvalue weighted by atomic mass is 10.1. The van der Waals surface area contributed by atoms with E-state index in [9.17, 15) is 4.39 Å². The lowest BCUT2D eigenvalue weighted by Gasteiger charge is -2.36. The smallest absolute Gasteiger partial charge is 0.192 e. The van der Waals surface area contributed by atoms with Gasteiger partial charge in [0, 0.05) is 53.9 Å². The van der Waals surface area contributed by atoms with Crippen LogP contribution in [-0.4, -0.2) is 52.6 Å². The van der Waals surface area contributed by atoms with E-state index in [1.807, 2.05) is 18.2 Å². The molecule has 0 spiro atoms. The molecule has 0 unspecified atom stereocenters. The maximum absolute atomic E-state index is 13.0. The number of benzene rings is 2. The van der Waals surface area contributed by atoms with Crippen LogP contribution in [0.15, 0.2) is 71.1 Å². The number of hydrogen-bond acceptors (Lipinski definition) is 6. The molecular weight excluding hydrogens is 447 g/mol. The first-order valence-electron chi connectivity index (χ1n) is 11.4. The van der Waals surface area contributed by atoms with Crippen molar-refractivity contribution in [1.82, 2.24) is 19.9 Å². The zero-order chi connectivity index (χ0) is 23.3. The number of halogens is 1. The molecule has 1 aliphatic heterocycles. The number of fused-ring (bicyclic) bond motifs is 1. The SMILES string of the molecule is N#Cc1ccc2[nH]cc(CCCN3CCN(c4ccc(Sc5ncc(F)cn5)cc4)CC3)c2c1. The van der Waals surface area contributed by atoms with Crippen molar-refractivity contribution in [3.63, 3.8) is 0 Å². The molecule has 172 valence electrons. The molecule has 3 heterocycles. The second kappa shape index (κ2) is 10.2. The predicted molar refractivity (Wildman–Crippen MR) is 133 cm³/mol. The lowest BCUT2D eigenvalue weighted by molar-refractivity contribution is 0.255. The van der Waals surface area contributed by atoms with Crippen LogP contribution < -0.4 is 4.90 Å². The summed E-state index contributed by atoms with van der Waals surface area (Å²) >= 11 is 1.43. The molecule has 1 fully saturated rings. The highest BCUT2D eigenvalue weighted by atomic mass is 32.2. The normalized spacial score (nSPS) is 14.4. The van der Waals surface area contributed by atoms with Crippen LogP contribution in [0.1, 0.15) is 17.5 Å². The number of nitrogens with zero attached hydrogens (tertiary/aromatic N) is 5. The number of aryl methyl sites for hydroxylation is 1. The Morgan fingerprint density at radius 2 is 1.79 bits per heavy atom. The molecule has 0 aliphatic carbocycles. The van der Waals surface area contributed by atoms with Crippen LogP contribution in [0.25, 0.3) is 10.9 Å². The first-order valence-corrected chi connectivity index (χ1v) is 12.2. The third-order valence-corrected chi connectivity index (χ3v) is 7.10. The third kappa shape index (κ3) is 5.22. The fraction of sp³-hybridized carbons (Fsp3) is 0.269. The molecule has 5 rings (SSSR count). The van der Waals surface area contributed by atoms with Crippen LogP contribution in [0.3, 0.4) is 0 Å². The van der Waals surface area contributed by atoms with Crippen molar-refractivity contribution in [3.05, 3.63) is 78.0 Å². The fourth-order valence-corrected chi connectivity index (χ4v) is 5.05. The minimum Gasteiger partial charge on any atom is -0.369 e. The zero-order valence-electron chi connectivity index (χ0n) is 18.7. The average Bonchev–Trinajstić information content (AvgIpc) is 3.28. The van der Waals surface area contributed by atoms with E-state index in [1.165, 1.54) is 35.4 Å². The summed E-state index contributed by atoms with van der Waals surface area (Å²) < 4.78 is 13.0. The standard InChI is InChI=1S/C26H25FN6S/c27-21-17-30-26(31-18-21)34-23-6-4-22(5-7-23)33-12-10-32(11-13-33)9-1-2-20-16-29-25-8-3-19(15-28)14-24(20)25/h3-8,14,16-18,29H,1-2,9-13H2. The molecule has 34 heavy (non-hydrogen) atoms. The Labute approximate surface area is 202 Å². The van der Waals surface area contributed by atoms with Crippen molar-refractivity contribution in [2.45, 2.75) is 22.9 Å². The highest BCUT2D eigenvalue weighted by molar-refractivity contribution is 7.99. The maximum Gasteiger partial charge on any atom is 0.192 e. The second-order valence-electron chi connectivity index (χ2n) is 8.40. The number of anilines is 1. The molecule has 0 amide bonds. The molecule has 0 radical (unpaired) electrons. The topological polar surface area (TPSA) is 71.8 Å². The van der Waals surface area contributed by atoms with E-state index in [4.69, 9.17) is 5.26 Å². The van der Waals surface area contributed by atoms with Crippen molar-refractivity contribution < 1.29 is 4.39 Å². The summed E-state index contributed by atoms with van der Waals surface area (Å²) in [7, 11) is 0. The van der Waals surface area contributed by atoms with Crippen molar-refractivity contribution in [1.29, 1.82) is 5.26 Å². The van der Waals surface area contributed by atoms with Crippen LogP contribution in [0, 0.1) is 17.1 Å². The number of aromatic nitrogens is 3. The molecule has 2 aromatic carbocycles. The van der Waals surface area contributed by atoms with Crippen molar-refractivity contribution in [2.75, 3.05) is 37.6 Å². The average molecular weight is 473 g/mol. The molecule has 0 saturated carbocycles. The minimum absolute atomic E-state index is 0.425. The van der Waals surface area contributed by atoms with E-state index in [0.29, 0.717) is 10.7 Å². The first kappa shape index (κ1) is 22.4. The van der Waals surface area contributed by atoms with Gasteiger partial charge in [0.05, 0.1) is 24.0 Å². The Balaban J connectivity index is 1.09. The number of H-pyrrole nitrogens is 1. The molecule has 2 aromatic heterocycles. The third-order valence-electron chi connectivity index (χ3n) is 6.20. The Morgan fingerprint density at radius 1 is 1.03 bits per heavy atom. The van der Waals surface area contributed by atoms with E-state index >= 15 is 0 Å². The number of piperazine rings is 1. The molecule has 4 aromatic rings. The molecule has 1 saturated heterocycles. The summed E-state index contributed by atoms with van der Waals surface area (Å²) in [5.41, 5.74) is 4.31. The van der Waals surface area contributed by atoms with Gasteiger partial charge in [0.1, 0.15) is 0 Å². The summed E-state index contributed by atoms with van der Waals surface area (Å²) in [4.78, 5) is 17.3. The van der Waals surface area contributed by atoms with Crippen LogP contribution >= 0.6 is 11.8 Å². The highest BCUT2D eigenvalue weighted by Crippen LogP contribution is 2.27. The Hall–Kier alpha value is -3.41. The molecule has 1 aliphatic rings. The van der Waals surface area contributed by atoms with Gasteiger partial charge in [0.15, 0.2) is 11.0 Å². The Kier molecular flexibility index (Phi) is 6.74. The van der Waals surface area contributed by atoms with Gasteiger partial charge in [-0.15, -0.1) is 0 Å². The number of hydrogen-bond donors (Lipinski definition) is 1. The highest BCUT2D eigenvalue weighted by Gasteiger charge is 2.17. The monoisotopic (exact) mass is 472 g/mol.